The molecule has 0 saturated heterocycles. The molecule has 0 fully saturated rings. The van der Waals surface area contributed by atoms with E-state index < -0.39 is 11.4 Å². The van der Waals surface area contributed by atoms with Crippen LogP contribution in [0, 0.1) is 24.1 Å². The third-order valence-electron chi connectivity index (χ3n) is 3.03. The van der Waals surface area contributed by atoms with Crippen LogP contribution >= 0.6 is 0 Å². The number of ether oxygens (including phenoxy) is 2. The summed E-state index contributed by atoms with van der Waals surface area (Å²) in [5.74, 6) is -0.158. The molecule has 0 spiro atoms. The number of nitrogens with zero attached hydrogens (tertiary/aromatic N) is 1. The number of hydrogen-bond donors (Lipinski definition) is 1. The number of aromatic nitrogens is 1. The summed E-state index contributed by atoms with van der Waals surface area (Å²) in [6, 6.07) is 6.01. The van der Waals surface area contributed by atoms with Gasteiger partial charge in [0.25, 0.3) is 5.56 Å². The molecule has 1 N–H and O–H groups in total. The van der Waals surface area contributed by atoms with Crippen LogP contribution in [0.15, 0.2) is 23.0 Å². The van der Waals surface area contributed by atoms with Gasteiger partial charge < -0.3 is 14.5 Å². The molecular weight excluding hydrogens is 275 g/mol. The van der Waals surface area contributed by atoms with E-state index in [2.05, 4.69) is 4.98 Å². The molecule has 0 saturated carbocycles. The zero-order valence-corrected chi connectivity index (χ0v) is 11.8. The van der Waals surface area contributed by atoms with Crippen LogP contribution in [0.3, 0.4) is 0 Å². The number of H-pyrrole nitrogens is 1. The van der Waals surface area contributed by atoms with Gasteiger partial charge in [-0.05, 0) is 13.0 Å². The normalized spacial score (nSPS) is 10.0. The Labute approximate surface area is 120 Å². The molecule has 0 bridgehead atoms. The number of nitriles is 1. The van der Waals surface area contributed by atoms with Crippen LogP contribution in [0.25, 0.3) is 11.1 Å². The fraction of sp³-hybridized carbons (Fsp3) is 0.200. The second kappa shape index (κ2) is 5.67. The maximum Gasteiger partial charge on any atom is 0.266 e. The van der Waals surface area contributed by atoms with E-state index in [1.54, 1.807) is 13.0 Å². The third kappa shape index (κ3) is 2.58. The molecule has 0 aliphatic rings. The Kier molecular flexibility index (Phi) is 3.94. The molecule has 108 valence electrons. The molecule has 1 aromatic heterocycles. The Morgan fingerprint density at radius 1 is 1.24 bits per heavy atom. The van der Waals surface area contributed by atoms with Crippen molar-refractivity contribution in [1.82, 2.24) is 4.98 Å². The van der Waals surface area contributed by atoms with Crippen molar-refractivity contribution in [2.24, 2.45) is 0 Å². The summed E-state index contributed by atoms with van der Waals surface area (Å²) in [4.78, 5) is 14.3. The first-order chi connectivity index (χ1) is 10.0. The molecule has 0 unspecified atom stereocenters. The molecular formula is C15H13FN2O3. The monoisotopic (exact) mass is 288 g/mol. The number of hydrogen-bond acceptors (Lipinski definition) is 4. The molecule has 1 heterocycles. The van der Waals surface area contributed by atoms with E-state index in [0.717, 1.165) is 0 Å². The van der Waals surface area contributed by atoms with Gasteiger partial charge in [-0.2, -0.15) is 5.26 Å². The van der Waals surface area contributed by atoms with Crippen molar-refractivity contribution in [2.75, 3.05) is 14.2 Å². The number of pyridine rings is 1. The zero-order chi connectivity index (χ0) is 15.6. The molecule has 6 heteroatoms. The first-order valence-corrected chi connectivity index (χ1v) is 6.07. The van der Waals surface area contributed by atoms with Crippen LogP contribution in [-0.2, 0) is 0 Å². The van der Waals surface area contributed by atoms with Crippen LogP contribution < -0.4 is 15.0 Å². The summed E-state index contributed by atoms with van der Waals surface area (Å²) in [5, 5.41) is 9.15. The first-order valence-electron chi connectivity index (χ1n) is 6.07. The van der Waals surface area contributed by atoms with Gasteiger partial charge in [0.15, 0.2) is 0 Å². The minimum atomic E-state index is -0.632. The Hall–Kier alpha value is -2.81. The number of nitrogens with one attached hydrogen (secondary N) is 1. The first kappa shape index (κ1) is 14.6. The van der Waals surface area contributed by atoms with Crippen molar-refractivity contribution in [3.05, 3.63) is 45.6 Å². The number of halogens is 1. The minimum Gasteiger partial charge on any atom is -0.497 e. The van der Waals surface area contributed by atoms with Crippen molar-refractivity contribution in [2.45, 2.75) is 6.92 Å². The largest absolute Gasteiger partial charge is 0.497 e. The van der Waals surface area contributed by atoms with Crippen LogP contribution in [0.1, 0.15) is 11.3 Å². The van der Waals surface area contributed by atoms with Gasteiger partial charge in [-0.1, -0.05) is 0 Å². The topological polar surface area (TPSA) is 75.1 Å². The van der Waals surface area contributed by atoms with E-state index in [9.17, 15) is 9.18 Å². The predicted molar refractivity (Wildman–Crippen MR) is 75.0 cm³/mol. The van der Waals surface area contributed by atoms with Gasteiger partial charge in [-0.15, -0.1) is 0 Å². The zero-order valence-electron chi connectivity index (χ0n) is 11.8. The molecule has 0 radical (unpaired) electrons. The van der Waals surface area contributed by atoms with Gasteiger partial charge in [-0.25, -0.2) is 4.39 Å². The van der Waals surface area contributed by atoms with E-state index in [-0.39, 0.29) is 28.2 Å². The van der Waals surface area contributed by atoms with Crippen LogP contribution in [0.5, 0.6) is 11.5 Å². The van der Waals surface area contributed by atoms with Gasteiger partial charge in [0.1, 0.15) is 28.9 Å². The average Bonchev–Trinajstić information content (AvgIpc) is 2.45. The highest BCUT2D eigenvalue weighted by Gasteiger charge is 2.19. The predicted octanol–water partition coefficient (Wildman–Crippen LogP) is 2.38. The summed E-state index contributed by atoms with van der Waals surface area (Å²) in [6.07, 6.45) is 0. The van der Waals surface area contributed by atoms with E-state index in [4.69, 9.17) is 14.7 Å². The lowest BCUT2D eigenvalue weighted by Crippen LogP contribution is -2.13. The highest BCUT2D eigenvalue weighted by molar-refractivity contribution is 5.77. The average molecular weight is 288 g/mol. The lowest BCUT2D eigenvalue weighted by molar-refractivity contribution is 0.390. The van der Waals surface area contributed by atoms with E-state index >= 15 is 0 Å². The van der Waals surface area contributed by atoms with E-state index in [1.807, 2.05) is 0 Å². The summed E-state index contributed by atoms with van der Waals surface area (Å²) in [7, 11) is 2.79. The summed E-state index contributed by atoms with van der Waals surface area (Å²) < 4.78 is 24.5. The standard InChI is InChI=1S/C15H13FN2O3/c1-8-4-10(11(7-17)15(19)18-8)14-12(16)5-9(20-2)6-13(14)21-3/h4-6H,1-3H3,(H,18,19). The van der Waals surface area contributed by atoms with Crippen molar-refractivity contribution >= 4 is 0 Å². The van der Waals surface area contributed by atoms with Crippen LogP contribution in [0.2, 0.25) is 0 Å². The summed E-state index contributed by atoms with van der Waals surface area (Å²) in [5.41, 5.74) is 0.0406. The molecule has 2 rings (SSSR count). The van der Waals surface area contributed by atoms with Gasteiger partial charge in [-0.3, -0.25) is 4.79 Å². The lowest BCUT2D eigenvalue weighted by Gasteiger charge is -2.13. The van der Waals surface area contributed by atoms with Gasteiger partial charge in [0.2, 0.25) is 0 Å². The van der Waals surface area contributed by atoms with E-state index in [0.29, 0.717) is 5.69 Å². The lowest BCUT2D eigenvalue weighted by atomic mass is 9.99. The molecule has 0 aliphatic carbocycles. The molecule has 2 aromatic rings. The van der Waals surface area contributed by atoms with Gasteiger partial charge >= 0.3 is 0 Å². The van der Waals surface area contributed by atoms with Crippen LogP contribution in [-0.4, -0.2) is 19.2 Å². The summed E-state index contributed by atoms with van der Waals surface area (Å²) in [6.45, 7) is 1.65. The SMILES string of the molecule is COc1cc(F)c(-c2cc(C)[nH]c(=O)c2C#N)c(OC)c1. The second-order valence-electron chi connectivity index (χ2n) is 4.37. The van der Waals surface area contributed by atoms with Crippen molar-refractivity contribution in [1.29, 1.82) is 5.26 Å². The number of aryl methyl sites for hydroxylation is 1. The third-order valence-corrected chi connectivity index (χ3v) is 3.03. The number of rotatable bonds is 3. The van der Waals surface area contributed by atoms with Crippen molar-refractivity contribution in [3.8, 4) is 28.7 Å². The molecule has 1 aromatic carbocycles. The fourth-order valence-electron chi connectivity index (χ4n) is 2.09. The molecule has 0 amide bonds. The Bertz CT molecular complexity index is 791. The Balaban J connectivity index is 2.85. The van der Waals surface area contributed by atoms with Crippen LogP contribution in [0.4, 0.5) is 4.39 Å². The summed E-state index contributed by atoms with van der Waals surface area (Å²) >= 11 is 0. The fourth-order valence-corrected chi connectivity index (χ4v) is 2.09. The second-order valence-corrected chi connectivity index (χ2v) is 4.37. The van der Waals surface area contributed by atoms with Gasteiger partial charge in [0.05, 0.1) is 19.8 Å². The number of benzene rings is 1. The van der Waals surface area contributed by atoms with Crippen molar-refractivity contribution < 1.29 is 13.9 Å². The Morgan fingerprint density at radius 3 is 2.52 bits per heavy atom. The van der Waals surface area contributed by atoms with Gasteiger partial charge in [0, 0.05) is 23.4 Å². The smallest absolute Gasteiger partial charge is 0.266 e. The quantitative estimate of drug-likeness (QED) is 0.940. The van der Waals surface area contributed by atoms with Crippen molar-refractivity contribution in [3.63, 3.8) is 0 Å². The highest BCUT2D eigenvalue weighted by Crippen LogP contribution is 2.37. The minimum absolute atomic E-state index is 0.0593. The highest BCUT2D eigenvalue weighted by atomic mass is 19.1. The maximum absolute atomic E-state index is 14.4. The Morgan fingerprint density at radius 2 is 1.95 bits per heavy atom. The van der Waals surface area contributed by atoms with E-state index in [1.165, 1.54) is 32.4 Å². The molecule has 0 atom stereocenters. The molecule has 0 aliphatic heterocycles. The number of aromatic amines is 1. The maximum atomic E-state index is 14.4. The number of methoxy groups -OCH3 is 2. The molecule has 5 nitrogen and oxygen atoms in total. The molecule has 21 heavy (non-hydrogen) atoms.